The summed E-state index contributed by atoms with van der Waals surface area (Å²) in [5, 5.41) is 0. The molecule has 0 aromatic rings. The van der Waals surface area contributed by atoms with Crippen molar-refractivity contribution in [2.24, 2.45) is 4.99 Å². The van der Waals surface area contributed by atoms with Crippen molar-refractivity contribution in [2.75, 3.05) is 0 Å². The van der Waals surface area contributed by atoms with Crippen LogP contribution in [0.3, 0.4) is 0 Å². The zero-order valence-corrected chi connectivity index (χ0v) is 8.74. The zero-order chi connectivity index (χ0) is 9.38. The lowest BCUT2D eigenvalue weighted by Gasteiger charge is -2.19. The van der Waals surface area contributed by atoms with E-state index >= 15 is 0 Å². The molecule has 1 saturated heterocycles. The van der Waals surface area contributed by atoms with Crippen LogP contribution in [0, 0.1) is 0 Å². The van der Waals surface area contributed by atoms with Gasteiger partial charge in [-0.25, -0.2) is 0 Å². The summed E-state index contributed by atoms with van der Waals surface area (Å²) in [7, 11) is 0. The average molecular weight is 193 g/mol. The number of ether oxygens (including phenoxy) is 1. The first-order chi connectivity index (χ1) is 6.93. The van der Waals surface area contributed by atoms with Gasteiger partial charge in [-0.1, -0.05) is 19.3 Å². The monoisotopic (exact) mass is 193 g/mol. The van der Waals surface area contributed by atoms with E-state index in [0.29, 0.717) is 18.2 Å². The van der Waals surface area contributed by atoms with Crippen LogP contribution in [0.4, 0.5) is 0 Å². The fourth-order valence-corrected chi connectivity index (χ4v) is 2.86. The quantitative estimate of drug-likeness (QED) is 0.588. The van der Waals surface area contributed by atoms with E-state index in [1.807, 2.05) is 0 Å². The minimum absolute atomic E-state index is 0.450. The van der Waals surface area contributed by atoms with Crippen LogP contribution in [0.2, 0.25) is 0 Å². The maximum atomic E-state index is 5.60. The van der Waals surface area contributed by atoms with Crippen LogP contribution in [-0.4, -0.2) is 24.0 Å². The summed E-state index contributed by atoms with van der Waals surface area (Å²) in [6.07, 6.45) is 11.6. The van der Waals surface area contributed by atoms with Crippen molar-refractivity contribution < 1.29 is 4.74 Å². The molecule has 2 unspecified atom stereocenters. The topological polar surface area (TPSA) is 24.9 Å². The molecular weight excluding hydrogens is 174 g/mol. The molecule has 1 heterocycles. The highest BCUT2D eigenvalue weighted by Gasteiger charge is 2.45. The summed E-state index contributed by atoms with van der Waals surface area (Å²) in [5.41, 5.74) is 1.40. The third-order valence-electron chi connectivity index (χ3n) is 3.76. The summed E-state index contributed by atoms with van der Waals surface area (Å²) in [6.45, 7) is 0. The lowest BCUT2D eigenvalue weighted by Crippen LogP contribution is -2.20. The first kappa shape index (κ1) is 8.90. The second kappa shape index (κ2) is 3.65. The highest BCUT2D eigenvalue weighted by molar-refractivity contribution is 5.92. The van der Waals surface area contributed by atoms with Gasteiger partial charge in [0.05, 0.1) is 6.10 Å². The molecule has 2 saturated carbocycles. The third kappa shape index (κ3) is 1.72. The van der Waals surface area contributed by atoms with Crippen molar-refractivity contribution in [3.8, 4) is 0 Å². The summed E-state index contributed by atoms with van der Waals surface area (Å²) < 4.78 is 5.60. The Kier molecular flexibility index (Phi) is 2.32. The number of aliphatic imine (C=N–C) groups is 1. The van der Waals surface area contributed by atoms with Gasteiger partial charge in [0.15, 0.2) is 0 Å². The molecule has 3 fully saturated rings. The highest BCUT2D eigenvalue weighted by Crippen LogP contribution is 2.35. The molecule has 3 rings (SSSR count). The fourth-order valence-electron chi connectivity index (χ4n) is 2.86. The summed E-state index contributed by atoms with van der Waals surface area (Å²) in [5.74, 6) is 0. The average Bonchev–Trinajstić information content (AvgIpc) is 2.99. The van der Waals surface area contributed by atoms with Crippen LogP contribution in [0.25, 0.3) is 0 Å². The number of fused-ring (bicyclic) bond motifs is 1. The smallest absolute Gasteiger partial charge is 0.122 e. The van der Waals surface area contributed by atoms with E-state index in [1.165, 1.54) is 57.1 Å². The third-order valence-corrected chi connectivity index (χ3v) is 3.76. The van der Waals surface area contributed by atoms with E-state index in [2.05, 4.69) is 0 Å². The van der Waals surface area contributed by atoms with Crippen molar-refractivity contribution in [2.45, 2.75) is 69.6 Å². The SMILES string of the molecule is C1CCC(N=C2CCCC3OC23)CC1. The van der Waals surface area contributed by atoms with E-state index in [1.54, 1.807) is 0 Å². The number of rotatable bonds is 1. The Morgan fingerprint density at radius 2 is 1.86 bits per heavy atom. The molecular formula is C12H19NO. The van der Waals surface area contributed by atoms with E-state index in [9.17, 15) is 0 Å². The van der Waals surface area contributed by atoms with Gasteiger partial charge >= 0.3 is 0 Å². The van der Waals surface area contributed by atoms with E-state index in [-0.39, 0.29) is 0 Å². The Balaban J connectivity index is 1.64. The molecule has 0 amide bonds. The van der Waals surface area contributed by atoms with Crippen LogP contribution in [0.1, 0.15) is 51.4 Å². The molecule has 0 radical (unpaired) electrons. The number of hydrogen-bond acceptors (Lipinski definition) is 2. The second-order valence-electron chi connectivity index (χ2n) is 4.90. The number of nitrogens with zero attached hydrogens (tertiary/aromatic N) is 1. The van der Waals surface area contributed by atoms with Gasteiger partial charge in [-0.15, -0.1) is 0 Å². The molecule has 2 heteroatoms. The molecule has 0 aromatic carbocycles. The summed E-state index contributed by atoms with van der Waals surface area (Å²) in [6, 6.07) is 0.640. The molecule has 2 atom stereocenters. The van der Waals surface area contributed by atoms with Crippen molar-refractivity contribution in [3.63, 3.8) is 0 Å². The van der Waals surface area contributed by atoms with E-state index < -0.39 is 0 Å². The molecule has 14 heavy (non-hydrogen) atoms. The summed E-state index contributed by atoms with van der Waals surface area (Å²) in [4.78, 5) is 4.91. The molecule has 3 aliphatic rings. The zero-order valence-electron chi connectivity index (χ0n) is 8.74. The maximum absolute atomic E-state index is 5.60. The Labute approximate surface area is 85.7 Å². The Bertz CT molecular complexity index is 243. The highest BCUT2D eigenvalue weighted by atomic mass is 16.6. The fraction of sp³-hybridized carbons (Fsp3) is 0.917. The number of epoxide rings is 1. The van der Waals surface area contributed by atoms with E-state index in [4.69, 9.17) is 9.73 Å². The maximum Gasteiger partial charge on any atom is 0.122 e. The molecule has 1 aliphatic heterocycles. The normalized spacial score (nSPS) is 41.0. The van der Waals surface area contributed by atoms with Crippen molar-refractivity contribution in [1.29, 1.82) is 0 Å². The van der Waals surface area contributed by atoms with Crippen molar-refractivity contribution >= 4 is 5.71 Å². The molecule has 0 N–H and O–H groups in total. The largest absolute Gasteiger partial charge is 0.363 e. The van der Waals surface area contributed by atoms with Crippen LogP contribution in [-0.2, 0) is 4.74 Å². The van der Waals surface area contributed by atoms with Gasteiger partial charge in [0.1, 0.15) is 6.10 Å². The van der Waals surface area contributed by atoms with Crippen LogP contribution in [0.15, 0.2) is 4.99 Å². The van der Waals surface area contributed by atoms with Crippen LogP contribution < -0.4 is 0 Å². The molecule has 78 valence electrons. The Morgan fingerprint density at radius 3 is 2.71 bits per heavy atom. The first-order valence-corrected chi connectivity index (χ1v) is 6.15. The molecule has 2 aliphatic carbocycles. The van der Waals surface area contributed by atoms with Gasteiger partial charge in [-0.05, 0) is 32.1 Å². The first-order valence-electron chi connectivity index (χ1n) is 6.15. The van der Waals surface area contributed by atoms with Crippen molar-refractivity contribution in [3.05, 3.63) is 0 Å². The molecule has 2 nitrogen and oxygen atoms in total. The molecule has 0 aromatic heterocycles. The minimum Gasteiger partial charge on any atom is -0.363 e. The predicted octanol–water partition coefficient (Wildman–Crippen LogP) is 2.71. The predicted molar refractivity (Wildman–Crippen MR) is 56.8 cm³/mol. The van der Waals surface area contributed by atoms with Gasteiger partial charge in [0.2, 0.25) is 0 Å². The number of hydrogen-bond donors (Lipinski definition) is 0. The van der Waals surface area contributed by atoms with Crippen molar-refractivity contribution in [1.82, 2.24) is 0 Å². The van der Waals surface area contributed by atoms with Gasteiger partial charge in [0, 0.05) is 11.8 Å². The lowest BCUT2D eigenvalue weighted by molar-refractivity contribution is 0.388. The molecule has 0 bridgehead atoms. The standard InChI is InChI=1S/C12H19NO/c1-2-5-9(6-3-1)13-10-7-4-8-11-12(10)14-11/h9,11-12H,1-8H2. The minimum atomic E-state index is 0.450. The van der Waals surface area contributed by atoms with Gasteiger partial charge < -0.3 is 4.74 Å². The van der Waals surface area contributed by atoms with Crippen LogP contribution in [0.5, 0.6) is 0 Å². The lowest BCUT2D eigenvalue weighted by atomic mass is 9.94. The van der Waals surface area contributed by atoms with E-state index in [0.717, 1.165) is 0 Å². The second-order valence-corrected chi connectivity index (χ2v) is 4.90. The van der Waals surface area contributed by atoms with Gasteiger partial charge in [-0.2, -0.15) is 0 Å². The van der Waals surface area contributed by atoms with Gasteiger partial charge in [-0.3, -0.25) is 4.99 Å². The summed E-state index contributed by atoms with van der Waals surface area (Å²) >= 11 is 0. The Hall–Kier alpha value is -0.370. The Morgan fingerprint density at radius 1 is 1.00 bits per heavy atom. The molecule has 0 spiro atoms. The van der Waals surface area contributed by atoms with Crippen LogP contribution >= 0.6 is 0 Å². The van der Waals surface area contributed by atoms with Gasteiger partial charge in [0.25, 0.3) is 0 Å².